The van der Waals surface area contributed by atoms with E-state index >= 15 is 4.79 Å². The summed E-state index contributed by atoms with van der Waals surface area (Å²) in [6.07, 6.45) is 6.56. The first-order chi connectivity index (χ1) is 27.4. The molecule has 2 bridgehead atoms. The first kappa shape index (κ1) is 38.1. The molecule has 2 aromatic carbocycles. The normalized spacial score (nSPS) is 36.3. The van der Waals surface area contributed by atoms with Crippen molar-refractivity contribution in [2.45, 2.75) is 94.0 Å². The number of esters is 3. The van der Waals surface area contributed by atoms with Gasteiger partial charge in [-0.3, -0.25) is 19.4 Å². The van der Waals surface area contributed by atoms with E-state index in [1.54, 1.807) is 7.11 Å². The average molecular weight is 781 g/mol. The number of anilines is 1. The minimum absolute atomic E-state index is 0.190. The largest absolute Gasteiger partial charge is 0.496 e. The fourth-order valence-corrected chi connectivity index (χ4v) is 13.3. The number of ether oxygens (including phenoxy) is 4. The highest BCUT2D eigenvalue weighted by molar-refractivity contribution is 5.95. The number of likely N-dealkylation sites (N-methyl/N-ethyl adjacent to an activating group) is 1. The molecule has 1 aliphatic carbocycles. The molecule has 1 spiro atoms. The van der Waals surface area contributed by atoms with E-state index in [9.17, 15) is 14.7 Å². The third-order valence-corrected chi connectivity index (χ3v) is 15.2. The highest BCUT2D eigenvalue weighted by atomic mass is 16.6. The van der Waals surface area contributed by atoms with Crippen molar-refractivity contribution in [3.63, 3.8) is 0 Å². The number of methoxy groups -OCH3 is 3. The maximum absolute atomic E-state index is 15.2. The van der Waals surface area contributed by atoms with E-state index in [1.165, 1.54) is 21.1 Å². The van der Waals surface area contributed by atoms with Gasteiger partial charge in [0.1, 0.15) is 11.2 Å². The smallest absolute Gasteiger partial charge is 0.344 e. The standard InChI is InChI=1S/C45H56N4O8/c1-8-27-19-28-22-44(40(51)55-6,36-30(25-48(23-27)24-28)29-13-10-11-14-33(29)46-36)32-20-31-34(21-35(32)54-5)47(4)38-43(31)16-18-49-17-12-15-42(9-2,37(43)49)39(57-26(3)50)45(38,53)41(52)56-7/h10-15,20-21,27-28,37-39,46,53H,8-9,16-19,22-25H2,1-7H3/t27?,28-,37-,38+,39-,42+,43+,44-,45-/m0/s1. The molecule has 0 amide bonds. The van der Waals surface area contributed by atoms with Gasteiger partial charge < -0.3 is 33.9 Å². The molecule has 5 aliphatic heterocycles. The fraction of sp³-hybridized carbons (Fsp3) is 0.578. The Hall–Kier alpha value is -4.39. The van der Waals surface area contributed by atoms with Crippen LogP contribution >= 0.6 is 0 Å². The Morgan fingerprint density at radius 1 is 1.00 bits per heavy atom. The van der Waals surface area contributed by atoms with Gasteiger partial charge in [-0.1, -0.05) is 50.6 Å². The Kier molecular flexibility index (Phi) is 8.92. The minimum Gasteiger partial charge on any atom is -0.496 e. The Morgan fingerprint density at radius 2 is 1.77 bits per heavy atom. The van der Waals surface area contributed by atoms with E-state index in [-0.39, 0.29) is 17.9 Å². The number of carbonyl (C=O) groups excluding carboxylic acids is 3. The van der Waals surface area contributed by atoms with Crippen molar-refractivity contribution in [2.24, 2.45) is 17.3 Å². The number of aromatic amines is 1. The molecule has 6 aliphatic rings. The number of para-hydroxylation sites is 1. The number of nitrogens with one attached hydrogen (secondary N) is 1. The SMILES string of the molecule is CCC1C[C@@H]2CN(Cc3c([nH]c4ccccc34)[C@@](C(=O)OC)(c3cc4c(cc3OC)N(C)[C@H]3[C@@](O)(C(=O)OC)[C@@H](OC(C)=O)[C@]5(CC)C=CCN6CC[C@]43[C@@H]65)C2)C1. The molecule has 3 aromatic rings. The van der Waals surface area contributed by atoms with Crippen molar-refractivity contribution < 1.29 is 38.4 Å². The molecule has 12 heteroatoms. The lowest BCUT2D eigenvalue weighted by atomic mass is 9.47. The second-order valence-electron chi connectivity index (χ2n) is 17.6. The number of rotatable bonds is 7. The Labute approximate surface area is 334 Å². The molecule has 2 unspecified atom stereocenters. The van der Waals surface area contributed by atoms with Gasteiger partial charge in [0, 0.05) is 90.9 Å². The number of benzene rings is 2. The van der Waals surface area contributed by atoms with Gasteiger partial charge in [0.15, 0.2) is 6.10 Å². The van der Waals surface area contributed by atoms with E-state index in [1.807, 2.05) is 37.1 Å². The first-order valence-corrected chi connectivity index (χ1v) is 20.7. The first-order valence-electron chi connectivity index (χ1n) is 20.7. The molecule has 2 N–H and O–H groups in total. The van der Waals surface area contributed by atoms with Crippen LogP contribution in [-0.4, -0.2) is 116 Å². The van der Waals surface area contributed by atoms with Crippen molar-refractivity contribution >= 4 is 34.5 Å². The number of hydrogen-bond donors (Lipinski definition) is 2. The van der Waals surface area contributed by atoms with Gasteiger partial charge in [0.2, 0.25) is 5.60 Å². The number of fused-ring (bicyclic) bond motifs is 6. The van der Waals surface area contributed by atoms with E-state index < -0.39 is 45.9 Å². The predicted molar refractivity (Wildman–Crippen MR) is 214 cm³/mol. The van der Waals surface area contributed by atoms with Crippen LogP contribution in [-0.2, 0) is 46.0 Å². The molecule has 1 aromatic heterocycles. The number of aliphatic hydroxyl groups is 1. The lowest BCUT2D eigenvalue weighted by molar-refractivity contribution is -0.228. The van der Waals surface area contributed by atoms with Crippen LogP contribution in [0.15, 0.2) is 48.6 Å². The average Bonchev–Trinajstić information content (AvgIpc) is 3.87. The van der Waals surface area contributed by atoms with Crippen molar-refractivity contribution in [1.82, 2.24) is 14.8 Å². The fourth-order valence-electron chi connectivity index (χ4n) is 13.3. The zero-order valence-electron chi connectivity index (χ0n) is 34.2. The van der Waals surface area contributed by atoms with E-state index in [4.69, 9.17) is 18.9 Å². The third-order valence-electron chi connectivity index (χ3n) is 15.2. The Balaban J connectivity index is 1.36. The molecular weight excluding hydrogens is 725 g/mol. The molecule has 6 heterocycles. The zero-order valence-corrected chi connectivity index (χ0v) is 34.2. The van der Waals surface area contributed by atoms with Crippen molar-refractivity contribution in [1.29, 1.82) is 0 Å². The van der Waals surface area contributed by atoms with Crippen LogP contribution in [0.2, 0.25) is 0 Å². The van der Waals surface area contributed by atoms with E-state index in [0.717, 1.165) is 59.3 Å². The van der Waals surface area contributed by atoms with Gasteiger partial charge in [-0.05, 0) is 67.3 Å². The van der Waals surface area contributed by atoms with Gasteiger partial charge >= 0.3 is 17.9 Å². The van der Waals surface area contributed by atoms with Crippen LogP contribution in [0.25, 0.3) is 10.9 Å². The summed E-state index contributed by atoms with van der Waals surface area (Å²) >= 11 is 0. The van der Waals surface area contributed by atoms with Crippen molar-refractivity contribution in [3.8, 4) is 5.75 Å². The summed E-state index contributed by atoms with van der Waals surface area (Å²) in [6, 6.07) is 11.3. The Bertz CT molecular complexity index is 2180. The summed E-state index contributed by atoms with van der Waals surface area (Å²) in [4.78, 5) is 53.3. The number of piperidine rings is 1. The molecule has 2 saturated heterocycles. The van der Waals surface area contributed by atoms with Crippen LogP contribution in [0.1, 0.15) is 75.3 Å². The monoisotopic (exact) mass is 780 g/mol. The summed E-state index contributed by atoms with van der Waals surface area (Å²) in [5.41, 5.74) is -0.0938. The summed E-state index contributed by atoms with van der Waals surface area (Å²) < 4.78 is 23.9. The van der Waals surface area contributed by atoms with E-state index in [0.29, 0.717) is 56.1 Å². The lowest BCUT2D eigenvalue weighted by Gasteiger charge is -2.63. The number of H-pyrrole nitrogens is 1. The van der Waals surface area contributed by atoms with Gasteiger partial charge in [-0.15, -0.1) is 0 Å². The number of aromatic nitrogens is 1. The van der Waals surface area contributed by atoms with Gasteiger partial charge in [0.05, 0.1) is 27.4 Å². The number of hydrogen-bond acceptors (Lipinski definition) is 11. The molecule has 57 heavy (non-hydrogen) atoms. The second-order valence-corrected chi connectivity index (χ2v) is 17.6. The predicted octanol–water partition coefficient (Wildman–Crippen LogP) is 4.83. The Morgan fingerprint density at radius 3 is 2.47 bits per heavy atom. The summed E-state index contributed by atoms with van der Waals surface area (Å²) in [5.74, 6) is -0.592. The third kappa shape index (κ3) is 4.86. The van der Waals surface area contributed by atoms with Crippen LogP contribution in [0.3, 0.4) is 0 Å². The minimum atomic E-state index is -2.27. The molecule has 304 valence electrons. The highest BCUT2D eigenvalue weighted by Gasteiger charge is 2.80. The molecule has 12 nitrogen and oxygen atoms in total. The summed E-state index contributed by atoms with van der Waals surface area (Å²) in [7, 11) is 6.26. The van der Waals surface area contributed by atoms with Gasteiger partial charge in [-0.2, -0.15) is 0 Å². The van der Waals surface area contributed by atoms with Gasteiger partial charge in [0.25, 0.3) is 0 Å². The van der Waals surface area contributed by atoms with Crippen LogP contribution in [0, 0.1) is 17.3 Å². The van der Waals surface area contributed by atoms with Crippen LogP contribution in [0.5, 0.6) is 5.75 Å². The second kappa shape index (κ2) is 13.3. The zero-order chi connectivity index (χ0) is 40.2. The van der Waals surface area contributed by atoms with Crippen LogP contribution < -0.4 is 9.64 Å². The molecule has 10 atom stereocenters. The molecule has 3 fully saturated rings. The van der Waals surface area contributed by atoms with Crippen molar-refractivity contribution in [2.75, 3.05) is 59.5 Å². The van der Waals surface area contributed by atoms with E-state index in [2.05, 4.69) is 52.1 Å². The molecule has 1 saturated carbocycles. The van der Waals surface area contributed by atoms with Gasteiger partial charge in [-0.25, -0.2) is 4.79 Å². The molecule has 9 rings (SSSR count). The number of carbonyl (C=O) groups is 3. The molecule has 0 radical (unpaired) electrons. The summed E-state index contributed by atoms with van der Waals surface area (Å²) in [5, 5.41) is 14.4. The maximum atomic E-state index is 15.2. The van der Waals surface area contributed by atoms with Crippen molar-refractivity contribution in [3.05, 3.63) is 70.9 Å². The topological polar surface area (TPSA) is 134 Å². The number of nitrogens with zero attached hydrogens (tertiary/aromatic N) is 3. The molecular formula is C45H56N4O8. The highest BCUT2D eigenvalue weighted by Crippen LogP contribution is 2.68. The maximum Gasteiger partial charge on any atom is 0.344 e. The van der Waals surface area contributed by atoms with Crippen LogP contribution in [0.4, 0.5) is 5.69 Å². The summed E-state index contributed by atoms with van der Waals surface area (Å²) in [6.45, 7) is 9.54. The quantitative estimate of drug-likeness (QED) is 0.194. The lowest BCUT2D eigenvalue weighted by Crippen LogP contribution is -2.81.